The molecule has 0 radical (unpaired) electrons. The first-order valence-corrected chi connectivity index (χ1v) is 9.01. The van der Waals surface area contributed by atoms with Gasteiger partial charge in [-0.1, -0.05) is 31.2 Å². The van der Waals surface area contributed by atoms with Gasteiger partial charge in [0.15, 0.2) is 0 Å². The number of carbonyl (C=O) groups excluding carboxylic acids is 1. The van der Waals surface area contributed by atoms with Crippen LogP contribution in [0.3, 0.4) is 0 Å². The van der Waals surface area contributed by atoms with Crippen molar-refractivity contribution in [3.8, 4) is 0 Å². The number of hydrogen-bond acceptors (Lipinski definition) is 3. The molecule has 2 unspecified atom stereocenters. The number of carbonyl (C=O) groups is 2. The maximum absolute atomic E-state index is 12.8. The normalized spacial score (nSPS) is 24.2. The highest BCUT2D eigenvalue weighted by molar-refractivity contribution is 5.77. The van der Waals surface area contributed by atoms with Gasteiger partial charge in [-0.2, -0.15) is 0 Å². The Morgan fingerprint density at radius 1 is 1.12 bits per heavy atom. The molecular formula is C19H26N2O4. The molecule has 2 saturated heterocycles. The number of benzene rings is 1. The zero-order chi connectivity index (χ0) is 17.8. The number of piperidine rings is 1. The summed E-state index contributed by atoms with van der Waals surface area (Å²) in [5.74, 6) is -1.28. The predicted octanol–water partition coefficient (Wildman–Crippen LogP) is 2.19. The summed E-state index contributed by atoms with van der Waals surface area (Å²) >= 11 is 0. The summed E-state index contributed by atoms with van der Waals surface area (Å²) in [7, 11) is 0. The van der Waals surface area contributed by atoms with Crippen LogP contribution < -0.4 is 0 Å². The van der Waals surface area contributed by atoms with E-state index in [1.54, 1.807) is 9.80 Å². The first-order chi connectivity index (χ1) is 12.1. The van der Waals surface area contributed by atoms with Gasteiger partial charge >= 0.3 is 12.0 Å². The molecule has 6 nitrogen and oxygen atoms in total. The number of amides is 2. The van der Waals surface area contributed by atoms with E-state index in [0.717, 1.165) is 12.0 Å². The number of aliphatic carboxylic acids is 1. The van der Waals surface area contributed by atoms with E-state index < -0.39 is 11.9 Å². The van der Waals surface area contributed by atoms with Crippen molar-refractivity contribution in [3.05, 3.63) is 35.4 Å². The van der Waals surface area contributed by atoms with E-state index in [9.17, 15) is 14.7 Å². The number of likely N-dealkylation sites (tertiary alicyclic amines) is 1. The van der Waals surface area contributed by atoms with Crippen molar-refractivity contribution in [1.82, 2.24) is 9.80 Å². The van der Waals surface area contributed by atoms with Gasteiger partial charge in [-0.3, -0.25) is 4.79 Å². The molecule has 2 heterocycles. The first-order valence-electron chi connectivity index (χ1n) is 9.01. The second-order valence-electron chi connectivity index (χ2n) is 6.85. The maximum atomic E-state index is 12.8. The topological polar surface area (TPSA) is 70.1 Å². The number of ether oxygens (including phenoxy) is 1. The maximum Gasteiger partial charge on any atom is 0.320 e. The van der Waals surface area contributed by atoms with Crippen LogP contribution in [0.4, 0.5) is 4.79 Å². The fourth-order valence-electron chi connectivity index (χ4n) is 3.66. The second-order valence-corrected chi connectivity index (χ2v) is 6.85. The van der Waals surface area contributed by atoms with Gasteiger partial charge in [0.2, 0.25) is 0 Å². The summed E-state index contributed by atoms with van der Waals surface area (Å²) in [5, 5.41) is 9.52. The molecule has 0 spiro atoms. The molecule has 2 amide bonds. The first kappa shape index (κ1) is 17.7. The molecule has 3 rings (SSSR count). The highest BCUT2D eigenvalue weighted by atomic mass is 16.5. The lowest BCUT2D eigenvalue weighted by atomic mass is 9.84. The second kappa shape index (κ2) is 7.87. The third-order valence-electron chi connectivity index (χ3n) is 5.21. The van der Waals surface area contributed by atoms with E-state index in [0.29, 0.717) is 39.3 Å². The summed E-state index contributed by atoms with van der Waals surface area (Å²) in [6, 6.07) is 8.27. The Morgan fingerprint density at radius 3 is 2.40 bits per heavy atom. The molecule has 2 fully saturated rings. The number of hydrogen-bond donors (Lipinski definition) is 1. The molecule has 0 aliphatic carbocycles. The average Bonchev–Trinajstić information content (AvgIpc) is 2.67. The van der Waals surface area contributed by atoms with Crippen LogP contribution >= 0.6 is 0 Å². The zero-order valence-electron chi connectivity index (χ0n) is 14.7. The summed E-state index contributed by atoms with van der Waals surface area (Å²) in [6.45, 7) is 5.21. The summed E-state index contributed by atoms with van der Waals surface area (Å²) in [5.41, 5.74) is 2.37. The fourth-order valence-corrected chi connectivity index (χ4v) is 3.66. The van der Waals surface area contributed by atoms with Crippen molar-refractivity contribution in [1.29, 1.82) is 0 Å². The summed E-state index contributed by atoms with van der Waals surface area (Å²) in [4.78, 5) is 27.9. The van der Waals surface area contributed by atoms with Crippen LogP contribution in [0.15, 0.2) is 24.3 Å². The van der Waals surface area contributed by atoms with Crippen LogP contribution in [0, 0.1) is 5.92 Å². The van der Waals surface area contributed by atoms with Crippen molar-refractivity contribution in [3.63, 3.8) is 0 Å². The zero-order valence-corrected chi connectivity index (χ0v) is 14.7. The van der Waals surface area contributed by atoms with Crippen LogP contribution in [0.1, 0.15) is 30.4 Å². The number of carboxylic acids is 1. The number of nitrogens with zero attached hydrogens (tertiary/aromatic N) is 2. The molecule has 1 aromatic carbocycles. The van der Waals surface area contributed by atoms with E-state index >= 15 is 0 Å². The lowest BCUT2D eigenvalue weighted by Gasteiger charge is -2.40. The molecule has 2 aliphatic rings. The largest absolute Gasteiger partial charge is 0.481 e. The molecule has 0 aromatic heterocycles. The number of rotatable bonds is 3. The molecule has 0 bridgehead atoms. The highest BCUT2D eigenvalue weighted by Gasteiger charge is 2.36. The van der Waals surface area contributed by atoms with E-state index in [2.05, 4.69) is 31.2 Å². The third kappa shape index (κ3) is 4.12. The Balaban J connectivity index is 1.76. The van der Waals surface area contributed by atoms with Crippen molar-refractivity contribution < 1.29 is 19.4 Å². The minimum absolute atomic E-state index is 0.0609. The van der Waals surface area contributed by atoms with Crippen LogP contribution in [0.5, 0.6) is 0 Å². The lowest BCUT2D eigenvalue weighted by molar-refractivity contribution is -0.143. The Hall–Kier alpha value is -2.08. The van der Waals surface area contributed by atoms with Gasteiger partial charge in [0.05, 0.1) is 19.1 Å². The van der Waals surface area contributed by atoms with E-state index in [4.69, 9.17) is 4.74 Å². The Kier molecular flexibility index (Phi) is 5.58. The van der Waals surface area contributed by atoms with Crippen LogP contribution in [-0.4, -0.2) is 66.3 Å². The van der Waals surface area contributed by atoms with Gasteiger partial charge in [-0.05, 0) is 24.0 Å². The fraction of sp³-hybridized carbons (Fsp3) is 0.579. The Morgan fingerprint density at radius 2 is 1.80 bits per heavy atom. The monoisotopic (exact) mass is 346 g/mol. The van der Waals surface area contributed by atoms with Gasteiger partial charge in [-0.25, -0.2) is 4.79 Å². The lowest BCUT2D eigenvalue weighted by Crippen LogP contribution is -2.53. The molecule has 25 heavy (non-hydrogen) atoms. The molecule has 2 atom stereocenters. The van der Waals surface area contributed by atoms with E-state index in [1.807, 2.05) is 0 Å². The highest BCUT2D eigenvalue weighted by Crippen LogP contribution is 2.31. The van der Waals surface area contributed by atoms with Gasteiger partial charge in [0.25, 0.3) is 0 Å². The number of carboxylic acid groups (broad SMARTS) is 1. The quantitative estimate of drug-likeness (QED) is 0.911. The Bertz CT molecular complexity index is 610. The number of urea groups is 1. The summed E-state index contributed by atoms with van der Waals surface area (Å²) < 4.78 is 5.30. The van der Waals surface area contributed by atoms with Crippen LogP contribution in [-0.2, 0) is 16.0 Å². The van der Waals surface area contributed by atoms with Gasteiger partial charge in [0, 0.05) is 32.1 Å². The molecule has 1 aromatic rings. The SMILES string of the molecule is CCc1ccc(C2CC(C(=O)O)CN(C(=O)N3CCOCC3)C2)cc1. The molecule has 136 valence electrons. The van der Waals surface area contributed by atoms with Gasteiger partial charge in [0.1, 0.15) is 0 Å². The van der Waals surface area contributed by atoms with Gasteiger partial charge in [-0.15, -0.1) is 0 Å². The molecule has 0 saturated carbocycles. The average molecular weight is 346 g/mol. The molecule has 6 heteroatoms. The number of aryl methyl sites for hydroxylation is 1. The van der Waals surface area contributed by atoms with Crippen LogP contribution in [0.2, 0.25) is 0 Å². The summed E-state index contributed by atoms with van der Waals surface area (Å²) in [6.07, 6.45) is 1.55. The Labute approximate surface area is 148 Å². The standard InChI is InChI=1S/C19H26N2O4/c1-2-14-3-5-15(6-4-14)16-11-17(18(22)23)13-21(12-16)19(24)20-7-9-25-10-8-20/h3-6,16-17H,2,7-13H2,1H3,(H,22,23). The minimum atomic E-state index is -0.824. The van der Waals surface area contributed by atoms with Crippen molar-refractivity contribution in [2.75, 3.05) is 39.4 Å². The predicted molar refractivity (Wildman–Crippen MR) is 93.7 cm³/mol. The van der Waals surface area contributed by atoms with Crippen molar-refractivity contribution >= 4 is 12.0 Å². The van der Waals surface area contributed by atoms with E-state index in [1.165, 1.54) is 5.56 Å². The molecule has 1 N–H and O–H groups in total. The van der Waals surface area contributed by atoms with Gasteiger partial charge < -0.3 is 19.6 Å². The molecule has 2 aliphatic heterocycles. The molecular weight excluding hydrogens is 320 g/mol. The van der Waals surface area contributed by atoms with Crippen molar-refractivity contribution in [2.24, 2.45) is 5.92 Å². The number of morpholine rings is 1. The van der Waals surface area contributed by atoms with Crippen molar-refractivity contribution in [2.45, 2.75) is 25.7 Å². The smallest absolute Gasteiger partial charge is 0.320 e. The third-order valence-corrected chi connectivity index (χ3v) is 5.21. The van der Waals surface area contributed by atoms with E-state index in [-0.39, 0.29) is 18.5 Å². The van der Waals surface area contributed by atoms with Crippen LogP contribution in [0.25, 0.3) is 0 Å². The minimum Gasteiger partial charge on any atom is -0.481 e.